The number of rotatable bonds is 5. The van der Waals surface area contributed by atoms with Crippen molar-refractivity contribution < 1.29 is 18.4 Å². The topological polar surface area (TPSA) is 72.2 Å². The summed E-state index contributed by atoms with van der Waals surface area (Å²) in [5, 5.41) is 2.42. The van der Waals surface area contributed by atoms with E-state index in [4.69, 9.17) is 5.73 Å². The number of carbonyl (C=O) groups is 2. The van der Waals surface area contributed by atoms with Gasteiger partial charge in [-0.25, -0.2) is 8.78 Å². The third-order valence-electron chi connectivity index (χ3n) is 2.44. The molecule has 0 aromatic heterocycles. The molecule has 0 saturated carbocycles. The van der Waals surface area contributed by atoms with Crippen LogP contribution in [0.1, 0.15) is 18.9 Å². The first kappa shape index (κ1) is 14.1. The summed E-state index contributed by atoms with van der Waals surface area (Å²) in [6, 6.07) is 2.45. The van der Waals surface area contributed by atoms with Crippen LogP contribution in [0.4, 0.5) is 8.78 Å². The fraction of sp³-hybridized carbons (Fsp3) is 0.333. The van der Waals surface area contributed by atoms with Gasteiger partial charge in [0.05, 0.1) is 6.42 Å². The Hall–Kier alpha value is -1.98. The average Bonchev–Trinajstić information content (AvgIpc) is 2.30. The summed E-state index contributed by atoms with van der Waals surface area (Å²) in [5.74, 6) is -3.08. The third-order valence-corrected chi connectivity index (χ3v) is 2.44. The summed E-state index contributed by atoms with van der Waals surface area (Å²) in [5.41, 5.74) is 5.39. The van der Waals surface area contributed by atoms with E-state index in [9.17, 15) is 18.4 Å². The van der Waals surface area contributed by atoms with Gasteiger partial charge >= 0.3 is 0 Å². The van der Waals surface area contributed by atoms with E-state index in [1.165, 1.54) is 6.07 Å². The first-order valence-electron chi connectivity index (χ1n) is 5.46. The Kier molecular flexibility index (Phi) is 4.76. The van der Waals surface area contributed by atoms with Crippen molar-refractivity contribution in [1.82, 2.24) is 5.32 Å². The fourth-order valence-corrected chi connectivity index (χ4v) is 1.45. The lowest BCUT2D eigenvalue weighted by Crippen LogP contribution is -2.44. The Morgan fingerprint density at radius 1 is 1.33 bits per heavy atom. The van der Waals surface area contributed by atoms with Crippen LogP contribution >= 0.6 is 0 Å². The maximum absolute atomic E-state index is 12.9. The highest BCUT2D eigenvalue weighted by Crippen LogP contribution is 2.09. The standard InChI is InChI=1S/C12H14F2N2O2/c1-2-10(12(15)18)16-11(17)6-7-3-4-8(13)9(14)5-7/h3-5,10H,2,6H2,1H3,(H2,15,18)(H,16,17)/t10-/m0/s1. The molecule has 0 aliphatic carbocycles. The van der Waals surface area contributed by atoms with Crippen molar-refractivity contribution in [2.45, 2.75) is 25.8 Å². The van der Waals surface area contributed by atoms with Gasteiger partial charge in [-0.05, 0) is 24.1 Å². The highest BCUT2D eigenvalue weighted by molar-refractivity contribution is 5.87. The molecule has 0 aliphatic heterocycles. The quantitative estimate of drug-likeness (QED) is 0.821. The van der Waals surface area contributed by atoms with Crippen molar-refractivity contribution in [3.05, 3.63) is 35.4 Å². The number of primary amides is 1. The smallest absolute Gasteiger partial charge is 0.239 e. The number of nitrogens with two attached hydrogens (primary N) is 1. The molecule has 0 fully saturated rings. The summed E-state index contributed by atoms with van der Waals surface area (Å²) in [7, 11) is 0. The van der Waals surface area contributed by atoms with Crippen LogP contribution in [0.2, 0.25) is 0 Å². The van der Waals surface area contributed by atoms with Crippen LogP contribution in [0.3, 0.4) is 0 Å². The summed E-state index contributed by atoms with van der Waals surface area (Å²) >= 11 is 0. The van der Waals surface area contributed by atoms with Crippen molar-refractivity contribution in [3.8, 4) is 0 Å². The fourth-order valence-electron chi connectivity index (χ4n) is 1.45. The van der Waals surface area contributed by atoms with Crippen LogP contribution in [-0.4, -0.2) is 17.9 Å². The number of amides is 2. The zero-order valence-electron chi connectivity index (χ0n) is 9.87. The van der Waals surface area contributed by atoms with Crippen LogP contribution in [0.15, 0.2) is 18.2 Å². The van der Waals surface area contributed by atoms with Crippen molar-refractivity contribution in [2.24, 2.45) is 5.73 Å². The van der Waals surface area contributed by atoms with Gasteiger partial charge in [0.15, 0.2) is 11.6 Å². The van der Waals surface area contributed by atoms with E-state index in [-0.39, 0.29) is 6.42 Å². The second kappa shape index (κ2) is 6.09. The molecule has 3 N–H and O–H groups in total. The predicted molar refractivity (Wildman–Crippen MR) is 61.5 cm³/mol. The molecule has 98 valence electrons. The van der Waals surface area contributed by atoms with Gasteiger partial charge in [0.25, 0.3) is 0 Å². The van der Waals surface area contributed by atoms with E-state index in [1.807, 2.05) is 0 Å². The monoisotopic (exact) mass is 256 g/mol. The van der Waals surface area contributed by atoms with Gasteiger partial charge < -0.3 is 11.1 Å². The molecule has 2 amide bonds. The van der Waals surface area contributed by atoms with Gasteiger partial charge in [0.2, 0.25) is 11.8 Å². The second-order valence-electron chi connectivity index (χ2n) is 3.86. The van der Waals surface area contributed by atoms with E-state index < -0.39 is 29.5 Å². The van der Waals surface area contributed by atoms with Crippen LogP contribution in [0, 0.1) is 11.6 Å². The highest BCUT2D eigenvalue weighted by Gasteiger charge is 2.16. The lowest BCUT2D eigenvalue weighted by atomic mass is 10.1. The van der Waals surface area contributed by atoms with E-state index in [2.05, 4.69) is 5.32 Å². The van der Waals surface area contributed by atoms with E-state index in [1.54, 1.807) is 6.92 Å². The number of hydrogen-bond donors (Lipinski definition) is 2. The maximum atomic E-state index is 12.9. The van der Waals surface area contributed by atoms with Gasteiger partial charge in [-0.15, -0.1) is 0 Å². The van der Waals surface area contributed by atoms with Crippen molar-refractivity contribution in [3.63, 3.8) is 0 Å². The minimum absolute atomic E-state index is 0.138. The minimum atomic E-state index is -1.01. The lowest BCUT2D eigenvalue weighted by Gasteiger charge is -2.13. The second-order valence-corrected chi connectivity index (χ2v) is 3.86. The molecule has 6 heteroatoms. The van der Waals surface area contributed by atoms with E-state index in [0.717, 1.165) is 12.1 Å². The van der Waals surface area contributed by atoms with Crippen molar-refractivity contribution in [2.75, 3.05) is 0 Å². The molecule has 0 bridgehead atoms. The number of hydrogen-bond acceptors (Lipinski definition) is 2. The number of halogens is 2. The van der Waals surface area contributed by atoms with Crippen molar-refractivity contribution >= 4 is 11.8 Å². The molecule has 4 nitrogen and oxygen atoms in total. The molecule has 0 aliphatic rings. The van der Waals surface area contributed by atoms with Gasteiger partial charge in [0, 0.05) is 0 Å². The lowest BCUT2D eigenvalue weighted by molar-refractivity contribution is -0.127. The molecule has 0 spiro atoms. The molecule has 0 radical (unpaired) electrons. The third kappa shape index (κ3) is 3.80. The van der Waals surface area contributed by atoms with Gasteiger partial charge in [-0.2, -0.15) is 0 Å². The highest BCUT2D eigenvalue weighted by atomic mass is 19.2. The summed E-state index contributed by atoms with van der Waals surface area (Å²) < 4.78 is 25.6. The van der Waals surface area contributed by atoms with Gasteiger partial charge in [-0.1, -0.05) is 13.0 Å². The largest absolute Gasteiger partial charge is 0.368 e. The number of nitrogens with one attached hydrogen (secondary N) is 1. The Labute approximate surface area is 103 Å². The molecule has 0 unspecified atom stereocenters. The molecule has 0 heterocycles. The SMILES string of the molecule is CC[C@H](NC(=O)Cc1ccc(F)c(F)c1)C(N)=O. The van der Waals surface area contributed by atoms with Crippen molar-refractivity contribution in [1.29, 1.82) is 0 Å². The zero-order chi connectivity index (χ0) is 13.7. The average molecular weight is 256 g/mol. The molecule has 0 saturated heterocycles. The summed E-state index contributed by atoms with van der Waals surface area (Å²) in [6.07, 6.45) is 0.236. The summed E-state index contributed by atoms with van der Waals surface area (Å²) in [4.78, 5) is 22.5. The maximum Gasteiger partial charge on any atom is 0.239 e. The zero-order valence-corrected chi connectivity index (χ0v) is 9.87. The van der Waals surface area contributed by atoms with Crippen LogP contribution < -0.4 is 11.1 Å². The Morgan fingerprint density at radius 3 is 2.50 bits per heavy atom. The molecule has 1 aromatic rings. The minimum Gasteiger partial charge on any atom is -0.368 e. The van der Waals surface area contributed by atoms with Gasteiger partial charge in [-0.3, -0.25) is 9.59 Å². The van der Waals surface area contributed by atoms with Gasteiger partial charge in [0.1, 0.15) is 6.04 Å². The first-order chi connectivity index (χ1) is 8.43. The Morgan fingerprint density at radius 2 is 2.00 bits per heavy atom. The van der Waals surface area contributed by atoms with Crippen LogP contribution in [-0.2, 0) is 16.0 Å². The van der Waals surface area contributed by atoms with E-state index >= 15 is 0 Å². The molecule has 1 aromatic carbocycles. The van der Waals surface area contributed by atoms with Crippen LogP contribution in [0.25, 0.3) is 0 Å². The number of carbonyl (C=O) groups excluding carboxylic acids is 2. The Balaban J connectivity index is 2.64. The number of benzene rings is 1. The Bertz CT molecular complexity index is 463. The predicted octanol–water partition coefficient (Wildman–Crippen LogP) is 0.887. The molecular formula is C12H14F2N2O2. The summed E-state index contributed by atoms with van der Waals surface area (Å²) in [6.45, 7) is 1.70. The van der Waals surface area contributed by atoms with E-state index in [0.29, 0.717) is 12.0 Å². The molecular weight excluding hydrogens is 242 g/mol. The molecule has 1 rings (SSSR count). The molecule has 1 atom stereocenters. The van der Waals surface area contributed by atoms with Crippen LogP contribution in [0.5, 0.6) is 0 Å². The first-order valence-corrected chi connectivity index (χ1v) is 5.46. The normalized spacial score (nSPS) is 11.9. The molecule has 18 heavy (non-hydrogen) atoms.